The van der Waals surface area contributed by atoms with Gasteiger partial charge < -0.3 is 15.8 Å². The second-order valence-corrected chi connectivity index (χ2v) is 6.32. The number of hydrogen-bond donors (Lipinski definition) is 2. The van der Waals surface area contributed by atoms with E-state index in [4.69, 9.17) is 10.5 Å². The number of ether oxygens (including phenoxy) is 1. The van der Waals surface area contributed by atoms with Crippen molar-refractivity contribution in [1.29, 1.82) is 0 Å². The van der Waals surface area contributed by atoms with Gasteiger partial charge in [0.25, 0.3) is 0 Å². The minimum absolute atomic E-state index is 0.276. The molecule has 1 aromatic rings. The molecule has 3 N–H and O–H groups in total. The summed E-state index contributed by atoms with van der Waals surface area (Å²) in [4.78, 5) is 12.7. The normalized spacial score (nSPS) is 13.7. The second kappa shape index (κ2) is 8.95. The predicted molar refractivity (Wildman–Crippen MR) is 88.8 cm³/mol. The van der Waals surface area contributed by atoms with E-state index >= 15 is 0 Å². The highest BCUT2D eigenvalue weighted by Crippen LogP contribution is 2.29. The number of likely N-dealkylation sites (N-methyl/N-ethyl adjacent to an activating group) is 1. The second-order valence-electron chi connectivity index (χ2n) is 5.18. The number of nitrogens with one attached hydrogen (secondary N) is 1. The van der Waals surface area contributed by atoms with Crippen molar-refractivity contribution in [1.82, 2.24) is 5.32 Å². The fourth-order valence-electron chi connectivity index (χ4n) is 2.19. The first kappa shape index (κ1) is 17.9. The fraction of sp³-hybridized carbons (Fsp3) is 0.562. The first-order valence-electron chi connectivity index (χ1n) is 7.34. The average Bonchev–Trinajstić information content (AvgIpc) is 2.47. The molecule has 0 fully saturated rings. The van der Waals surface area contributed by atoms with E-state index in [0.717, 1.165) is 42.2 Å². The summed E-state index contributed by atoms with van der Waals surface area (Å²) in [5.74, 6) is 1.64. The van der Waals surface area contributed by atoms with Gasteiger partial charge in [0.15, 0.2) is 0 Å². The Kier molecular flexibility index (Phi) is 7.61. The van der Waals surface area contributed by atoms with Crippen LogP contribution in [0.1, 0.15) is 33.1 Å². The molecular weight excluding hydrogens is 284 g/mol. The topological polar surface area (TPSA) is 64.3 Å². The molecule has 0 radical (unpaired) electrons. The van der Waals surface area contributed by atoms with Crippen molar-refractivity contribution >= 4 is 17.7 Å². The van der Waals surface area contributed by atoms with E-state index in [9.17, 15) is 4.79 Å². The van der Waals surface area contributed by atoms with Gasteiger partial charge in [0.1, 0.15) is 5.75 Å². The van der Waals surface area contributed by atoms with E-state index in [1.165, 1.54) is 0 Å². The van der Waals surface area contributed by atoms with Gasteiger partial charge >= 0.3 is 0 Å². The number of primary amides is 1. The predicted octanol–water partition coefficient (Wildman–Crippen LogP) is 2.81. The molecule has 0 heterocycles. The largest absolute Gasteiger partial charge is 0.496 e. The van der Waals surface area contributed by atoms with Crippen LogP contribution in [0.5, 0.6) is 5.75 Å². The SMILES string of the molecule is CCNC(C)(CCCCSc1ccccc1OC)C(N)=O. The maximum Gasteiger partial charge on any atom is 0.237 e. The first-order chi connectivity index (χ1) is 10.0. The van der Waals surface area contributed by atoms with E-state index in [-0.39, 0.29) is 5.91 Å². The van der Waals surface area contributed by atoms with Crippen LogP contribution in [0.2, 0.25) is 0 Å². The van der Waals surface area contributed by atoms with Crippen molar-refractivity contribution in [2.24, 2.45) is 5.73 Å². The van der Waals surface area contributed by atoms with Crippen molar-refractivity contribution in [2.75, 3.05) is 19.4 Å². The molecule has 1 atom stereocenters. The van der Waals surface area contributed by atoms with Crippen LogP contribution in [0.15, 0.2) is 29.2 Å². The lowest BCUT2D eigenvalue weighted by molar-refractivity contribution is -0.124. The third kappa shape index (κ3) is 5.59. The van der Waals surface area contributed by atoms with Crippen LogP contribution >= 0.6 is 11.8 Å². The van der Waals surface area contributed by atoms with Crippen molar-refractivity contribution in [3.05, 3.63) is 24.3 Å². The van der Waals surface area contributed by atoms with Gasteiger partial charge in [0, 0.05) is 4.90 Å². The van der Waals surface area contributed by atoms with Crippen LogP contribution in [-0.2, 0) is 4.79 Å². The minimum Gasteiger partial charge on any atom is -0.496 e. The molecule has 0 aromatic heterocycles. The van der Waals surface area contributed by atoms with E-state index in [1.807, 2.05) is 32.0 Å². The van der Waals surface area contributed by atoms with Gasteiger partial charge in [-0.15, -0.1) is 11.8 Å². The number of methoxy groups -OCH3 is 1. The number of hydrogen-bond acceptors (Lipinski definition) is 4. The number of amides is 1. The highest BCUT2D eigenvalue weighted by molar-refractivity contribution is 7.99. The van der Waals surface area contributed by atoms with Gasteiger partial charge in [0.2, 0.25) is 5.91 Å². The molecule has 0 bridgehead atoms. The van der Waals surface area contributed by atoms with Crippen LogP contribution in [-0.4, -0.2) is 30.9 Å². The lowest BCUT2D eigenvalue weighted by Crippen LogP contribution is -2.52. The monoisotopic (exact) mass is 310 g/mol. The van der Waals surface area contributed by atoms with Gasteiger partial charge in [-0.1, -0.05) is 25.5 Å². The Morgan fingerprint density at radius 3 is 2.71 bits per heavy atom. The lowest BCUT2D eigenvalue weighted by Gasteiger charge is -2.26. The van der Waals surface area contributed by atoms with Gasteiger partial charge in [0.05, 0.1) is 12.6 Å². The van der Waals surface area contributed by atoms with Gasteiger partial charge in [-0.25, -0.2) is 0 Å². The number of carbonyl (C=O) groups excluding carboxylic acids is 1. The molecule has 21 heavy (non-hydrogen) atoms. The average molecular weight is 310 g/mol. The Hall–Kier alpha value is -1.20. The lowest BCUT2D eigenvalue weighted by atomic mass is 9.94. The molecular formula is C16H26N2O2S. The van der Waals surface area contributed by atoms with Crippen LogP contribution in [0, 0.1) is 0 Å². The zero-order valence-corrected chi connectivity index (χ0v) is 14.0. The zero-order chi connectivity index (χ0) is 15.7. The Balaban J connectivity index is 2.35. The summed E-state index contributed by atoms with van der Waals surface area (Å²) in [6.45, 7) is 4.61. The van der Waals surface area contributed by atoms with E-state index in [0.29, 0.717) is 0 Å². The molecule has 0 aliphatic carbocycles. The highest BCUT2D eigenvalue weighted by atomic mass is 32.2. The third-order valence-corrected chi connectivity index (χ3v) is 4.65. The summed E-state index contributed by atoms with van der Waals surface area (Å²) in [6, 6.07) is 8.02. The van der Waals surface area contributed by atoms with Crippen molar-refractivity contribution in [2.45, 2.75) is 43.5 Å². The molecule has 0 aliphatic heterocycles. The summed E-state index contributed by atoms with van der Waals surface area (Å²) in [6.07, 6.45) is 2.77. The Morgan fingerprint density at radius 2 is 2.10 bits per heavy atom. The van der Waals surface area contributed by atoms with E-state index in [1.54, 1.807) is 18.9 Å². The van der Waals surface area contributed by atoms with Gasteiger partial charge in [-0.3, -0.25) is 4.79 Å². The van der Waals surface area contributed by atoms with E-state index in [2.05, 4.69) is 11.4 Å². The number of para-hydroxylation sites is 1. The molecule has 0 saturated heterocycles. The quantitative estimate of drug-likeness (QED) is 0.515. The number of benzene rings is 1. The Morgan fingerprint density at radius 1 is 1.38 bits per heavy atom. The smallest absolute Gasteiger partial charge is 0.237 e. The number of thioether (sulfide) groups is 1. The standard InChI is InChI=1S/C16H26N2O2S/c1-4-18-16(2,15(17)19)11-7-8-12-21-14-10-6-5-9-13(14)20-3/h5-6,9-10,18H,4,7-8,11-12H2,1-3H3,(H2,17,19). The molecule has 0 saturated carbocycles. The van der Waals surface area contributed by atoms with Crippen LogP contribution < -0.4 is 15.8 Å². The summed E-state index contributed by atoms with van der Waals surface area (Å²) in [5, 5.41) is 3.18. The summed E-state index contributed by atoms with van der Waals surface area (Å²) < 4.78 is 5.33. The zero-order valence-electron chi connectivity index (χ0n) is 13.1. The molecule has 5 heteroatoms. The minimum atomic E-state index is -0.593. The number of nitrogens with two attached hydrogens (primary N) is 1. The molecule has 4 nitrogen and oxygen atoms in total. The summed E-state index contributed by atoms with van der Waals surface area (Å²) >= 11 is 1.78. The van der Waals surface area contributed by atoms with Gasteiger partial charge in [-0.2, -0.15) is 0 Å². The maximum absolute atomic E-state index is 11.5. The molecule has 0 spiro atoms. The van der Waals surface area contributed by atoms with Crippen molar-refractivity contribution < 1.29 is 9.53 Å². The molecule has 0 aliphatic rings. The van der Waals surface area contributed by atoms with Crippen molar-refractivity contribution in [3.63, 3.8) is 0 Å². The van der Waals surface area contributed by atoms with E-state index < -0.39 is 5.54 Å². The Bertz CT molecular complexity index is 454. The number of unbranched alkanes of at least 4 members (excludes halogenated alkanes) is 1. The summed E-state index contributed by atoms with van der Waals surface area (Å²) in [5.41, 5.74) is 4.88. The Labute approximate surface area is 131 Å². The molecule has 1 aromatic carbocycles. The molecule has 1 rings (SSSR count). The number of carbonyl (C=O) groups is 1. The molecule has 1 amide bonds. The van der Waals surface area contributed by atoms with Crippen LogP contribution in [0.25, 0.3) is 0 Å². The molecule has 118 valence electrons. The van der Waals surface area contributed by atoms with Gasteiger partial charge in [-0.05, 0) is 44.2 Å². The van der Waals surface area contributed by atoms with Crippen LogP contribution in [0.4, 0.5) is 0 Å². The van der Waals surface area contributed by atoms with Crippen LogP contribution in [0.3, 0.4) is 0 Å². The molecule has 1 unspecified atom stereocenters. The third-order valence-electron chi connectivity index (χ3n) is 3.51. The fourth-order valence-corrected chi connectivity index (χ4v) is 3.23. The number of rotatable bonds is 10. The summed E-state index contributed by atoms with van der Waals surface area (Å²) in [7, 11) is 1.69. The van der Waals surface area contributed by atoms with Crippen molar-refractivity contribution in [3.8, 4) is 5.75 Å². The first-order valence-corrected chi connectivity index (χ1v) is 8.33. The highest BCUT2D eigenvalue weighted by Gasteiger charge is 2.28. The maximum atomic E-state index is 11.5.